The van der Waals surface area contributed by atoms with E-state index in [2.05, 4.69) is 40.1 Å². The van der Waals surface area contributed by atoms with Gasteiger partial charge in [-0.25, -0.2) is 0 Å². The van der Waals surface area contributed by atoms with E-state index in [0.29, 0.717) is 6.04 Å². The maximum absolute atomic E-state index is 5.56. The third-order valence-electron chi connectivity index (χ3n) is 5.63. The van der Waals surface area contributed by atoms with Gasteiger partial charge in [0.2, 0.25) is 0 Å². The van der Waals surface area contributed by atoms with Crippen molar-refractivity contribution in [3.63, 3.8) is 0 Å². The summed E-state index contributed by atoms with van der Waals surface area (Å²) in [6.45, 7) is 5.46. The number of hydrogen-bond donors (Lipinski definition) is 0. The van der Waals surface area contributed by atoms with Gasteiger partial charge >= 0.3 is 0 Å². The van der Waals surface area contributed by atoms with Crippen LogP contribution in [0.4, 0.5) is 0 Å². The van der Waals surface area contributed by atoms with Crippen LogP contribution in [0.2, 0.25) is 0 Å². The summed E-state index contributed by atoms with van der Waals surface area (Å²) in [5, 5.41) is 4.33. The van der Waals surface area contributed by atoms with E-state index in [4.69, 9.17) is 4.74 Å². The summed E-state index contributed by atoms with van der Waals surface area (Å²) in [5.74, 6) is 1.77. The van der Waals surface area contributed by atoms with Gasteiger partial charge < -0.3 is 9.64 Å². The molecule has 3 aliphatic rings. The van der Waals surface area contributed by atoms with E-state index in [1.54, 1.807) is 7.11 Å². The minimum absolute atomic E-state index is 0.695. The highest BCUT2D eigenvalue weighted by Crippen LogP contribution is 2.29. The lowest BCUT2D eigenvalue weighted by molar-refractivity contribution is 0.124. The van der Waals surface area contributed by atoms with Gasteiger partial charge in [0, 0.05) is 50.2 Å². The molecule has 0 amide bonds. The molecule has 3 aliphatic heterocycles. The molecule has 5 nitrogen and oxygen atoms in total. The molecule has 4 heterocycles. The average Bonchev–Trinajstić information content (AvgIpc) is 2.98. The molecule has 134 valence electrons. The Morgan fingerprint density at radius 3 is 2.88 bits per heavy atom. The number of ether oxygens (including phenoxy) is 1. The molecule has 0 spiro atoms. The number of piperidine rings is 1. The zero-order valence-corrected chi connectivity index (χ0v) is 15.3. The fourth-order valence-electron chi connectivity index (χ4n) is 4.46. The van der Waals surface area contributed by atoms with Gasteiger partial charge in [-0.15, -0.1) is 0 Å². The summed E-state index contributed by atoms with van der Waals surface area (Å²) in [4.78, 5) is 5.21. The van der Waals surface area contributed by atoms with Gasteiger partial charge in [-0.05, 0) is 49.6 Å². The molecule has 0 radical (unpaired) electrons. The quantitative estimate of drug-likeness (QED) is 0.837. The molecule has 1 aromatic carbocycles. The molecule has 2 atom stereocenters. The van der Waals surface area contributed by atoms with Gasteiger partial charge in [-0.3, -0.25) is 9.58 Å². The van der Waals surface area contributed by atoms with Crippen molar-refractivity contribution in [3.8, 4) is 5.75 Å². The molecule has 3 saturated heterocycles. The van der Waals surface area contributed by atoms with Crippen LogP contribution < -0.4 is 4.74 Å². The summed E-state index contributed by atoms with van der Waals surface area (Å²) in [5.41, 5.74) is 2.57. The first kappa shape index (κ1) is 16.6. The summed E-state index contributed by atoms with van der Waals surface area (Å²) in [6, 6.07) is 9.27. The Balaban J connectivity index is 1.52. The van der Waals surface area contributed by atoms with Crippen LogP contribution in [0.3, 0.4) is 0 Å². The van der Waals surface area contributed by atoms with Crippen LogP contribution in [-0.4, -0.2) is 59.4 Å². The second kappa shape index (κ2) is 7.18. The highest BCUT2D eigenvalue weighted by Gasteiger charge is 2.33. The number of methoxy groups -OCH3 is 1. The van der Waals surface area contributed by atoms with Crippen molar-refractivity contribution in [1.29, 1.82) is 0 Å². The largest absolute Gasteiger partial charge is 0.496 e. The van der Waals surface area contributed by atoms with Gasteiger partial charge in [0.25, 0.3) is 0 Å². The smallest absolute Gasteiger partial charge is 0.123 e. The minimum atomic E-state index is 0.695. The van der Waals surface area contributed by atoms with Crippen LogP contribution in [0, 0.1) is 5.92 Å². The van der Waals surface area contributed by atoms with E-state index in [1.165, 1.54) is 43.6 Å². The zero-order valence-electron chi connectivity index (χ0n) is 15.3. The second-order valence-corrected chi connectivity index (χ2v) is 7.60. The van der Waals surface area contributed by atoms with Crippen molar-refractivity contribution in [2.75, 3.05) is 33.8 Å². The lowest BCUT2D eigenvalue weighted by atomic mass is 9.94. The molecule has 0 aliphatic carbocycles. The van der Waals surface area contributed by atoms with E-state index in [-0.39, 0.29) is 0 Å². The van der Waals surface area contributed by atoms with Crippen LogP contribution in [0.25, 0.3) is 0 Å². The van der Waals surface area contributed by atoms with Crippen molar-refractivity contribution in [1.82, 2.24) is 19.6 Å². The highest BCUT2D eigenvalue weighted by atomic mass is 16.5. The van der Waals surface area contributed by atoms with E-state index >= 15 is 0 Å². The fraction of sp³-hybridized carbons (Fsp3) is 0.550. The Morgan fingerprint density at radius 1 is 1.16 bits per heavy atom. The molecule has 0 N–H and O–H groups in total. The van der Waals surface area contributed by atoms with E-state index in [0.717, 1.165) is 24.8 Å². The molecule has 5 heteroatoms. The molecule has 5 rings (SSSR count). The Labute approximate surface area is 150 Å². The van der Waals surface area contributed by atoms with Crippen LogP contribution in [0.15, 0.2) is 36.7 Å². The number of benzene rings is 1. The molecule has 1 aromatic heterocycles. The van der Waals surface area contributed by atoms with Crippen LogP contribution >= 0.6 is 0 Å². The van der Waals surface area contributed by atoms with Crippen LogP contribution in [0.5, 0.6) is 5.75 Å². The average molecular weight is 340 g/mol. The molecule has 3 fully saturated rings. The molecule has 25 heavy (non-hydrogen) atoms. The molecule has 0 saturated carbocycles. The summed E-state index contributed by atoms with van der Waals surface area (Å²) < 4.78 is 7.51. The maximum atomic E-state index is 5.56. The maximum Gasteiger partial charge on any atom is 0.123 e. The topological polar surface area (TPSA) is 33.5 Å². The molecule has 2 bridgehead atoms. The number of aromatic nitrogens is 2. The summed E-state index contributed by atoms with van der Waals surface area (Å²) in [6.07, 6.45) is 6.54. The number of fused-ring (bicyclic) bond motifs is 4. The van der Waals surface area contributed by atoms with Gasteiger partial charge in [-0.2, -0.15) is 5.10 Å². The Hall–Kier alpha value is -1.85. The van der Waals surface area contributed by atoms with E-state index in [1.807, 2.05) is 23.1 Å². The zero-order chi connectivity index (χ0) is 17.2. The first-order chi connectivity index (χ1) is 12.2. The van der Waals surface area contributed by atoms with Crippen molar-refractivity contribution >= 4 is 0 Å². The number of likely N-dealkylation sites (N-methyl/N-ethyl adjacent to an activating group) is 1. The predicted molar refractivity (Wildman–Crippen MR) is 98.7 cm³/mol. The molecular formula is C20H28N4O. The van der Waals surface area contributed by atoms with Crippen molar-refractivity contribution in [2.45, 2.75) is 32.0 Å². The lowest BCUT2D eigenvalue weighted by Crippen LogP contribution is -2.43. The standard InChI is InChI=1S/C20H28N4O/c1-22-11-17-4-6-19(15-22)23(13-17)12-16-5-7-20(25-2)18(10-16)14-24-9-3-8-21-24/h3,5,7-10,17,19H,4,6,11-15H2,1-2H3/t17-,19+/m0/s1. The van der Waals surface area contributed by atoms with E-state index in [9.17, 15) is 0 Å². The second-order valence-electron chi connectivity index (χ2n) is 7.60. The monoisotopic (exact) mass is 340 g/mol. The van der Waals surface area contributed by atoms with Crippen molar-refractivity contribution < 1.29 is 4.74 Å². The summed E-state index contributed by atoms with van der Waals surface area (Å²) in [7, 11) is 4.01. The normalized spacial score (nSPS) is 24.4. The SMILES string of the molecule is COc1ccc(CN2C[C@H]3CC[C@@H]2CN(C)C3)cc1Cn1cccn1. The number of hydrogen-bond acceptors (Lipinski definition) is 4. The Bertz CT molecular complexity index is 700. The van der Waals surface area contributed by atoms with Gasteiger partial charge in [-0.1, -0.05) is 6.07 Å². The fourth-order valence-corrected chi connectivity index (χ4v) is 4.46. The minimum Gasteiger partial charge on any atom is -0.496 e. The Morgan fingerprint density at radius 2 is 2.08 bits per heavy atom. The van der Waals surface area contributed by atoms with Gasteiger partial charge in [0.1, 0.15) is 5.75 Å². The predicted octanol–water partition coefficient (Wildman–Crippen LogP) is 2.47. The summed E-state index contributed by atoms with van der Waals surface area (Å²) >= 11 is 0. The molecule has 0 unspecified atom stereocenters. The number of nitrogens with zero attached hydrogens (tertiary/aromatic N) is 4. The van der Waals surface area contributed by atoms with Crippen molar-refractivity contribution in [2.24, 2.45) is 5.92 Å². The molecule has 2 aromatic rings. The molecular weight excluding hydrogens is 312 g/mol. The van der Waals surface area contributed by atoms with Crippen LogP contribution in [0.1, 0.15) is 24.0 Å². The third kappa shape index (κ3) is 3.72. The van der Waals surface area contributed by atoms with Crippen molar-refractivity contribution in [3.05, 3.63) is 47.8 Å². The van der Waals surface area contributed by atoms with Gasteiger partial charge in [0.15, 0.2) is 0 Å². The Kier molecular flexibility index (Phi) is 4.77. The first-order valence-corrected chi connectivity index (χ1v) is 9.27. The third-order valence-corrected chi connectivity index (χ3v) is 5.63. The van der Waals surface area contributed by atoms with Crippen LogP contribution in [-0.2, 0) is 13.1 Å². The first-order valence-electron chi connectivity index (χ1n) is 9.27. The highest BCUT2D eigenvalue weighted by molar-refractivity contribution is 5.37. The van der Waals surface area contributed by atoms with E-state index < -0.39 is 0 Å². The van der Waals surface area contributed by atoms with Gasteiger partial charge in [0.05, 0.1) is 13.7 Å². The lowest BCUT2D eigenvalue weighted by Gasteiger charge is -2.36. The number of rotatable bonds is 5.